The lowest BCUT2D eigenvalue weighted by Gasteiger charge is -2.16. The molecule has 3 N–H and O–H groups in total. The molecule has 0 radical (unpaired) electrons. The molecule has 4 heterocycles. The van der Waals surface area contributed by atoms with E-state index in [1.807, 2.05) is 18.4 Å². The van der Waals surface area contributed by atoms with Crippen LogP contribution in [0.15, 0.2) is 29.0 Å². The maximum Gasteiger partial charge on any atom is 0.131 e. The fourth-order valence-electron chi connectivity index (χ4n) is 2.69. The third kappa shape index (κ3) is 5.68. The highest BCUT2D eigenvalue weighted by Gasteiger charge is 2.10. The van der Waals surface area contributed by atoms with E-state index in [1.165, 1.54) is 4.88 Å². The van der Waals surface area contributed by atoms with Crippen molar-refractivity contribution in [2.24, 2.45) is 5.73 Å². The van der Waals surface area contributed by atoms with Crippen molar-refractivity contribution in [1.82, 2.24) is 4.98 Å². The fraction of sp³-hybridized carbons (Fsp3) is 0.350. The van der Waals surface area contributed by atoms with Crippen LogP contribution in [0.3, 0.4) is 0 Å². The Balaban J connectivity index is 0.000000253. The van der Waals surface area contributed by atoms with Gasteiger partial charge in [0, 0.05) is 35.5 Å². The summed E-state index contributed by atoms with van der Waals surface area (Å²) in [5.74, 6) is 5.98. The third-order valence-corrected chi connectivity index (χ3v) is 6.05. The Morgan fingerprint density at radius 2 is 2.33 bits per heavy atom. The predicted octanol–water partition coefficient (Wildman–Crippen LogP) is 5.12. The van der Waals surface area contributed by atoms with Crippen molar-refractivity contribution in [3.05, 3.63) is 44.6 Å². The summed E-state index contributed by atoms with van der Waals surface area (Å²) < 4.78 is 6.16. The SMILES string of the molecule is CC#Cc1csc2c(NCc3cccs3)cc(Cl)nc12.NC1CCCOC1. The van der Waals surface area contributed by atoms with Gasteiger partial charge >= 0.3 is 0 Å². The smallest absolute Gasteiger partial charge is 0.131 e. The highest BCUT2D eigenvalue weighted by molar-refractivity contribution is 7.18. The molecule has 3 aromatic rings. The molecule has 3 aromatic heterocycles. The van der Waals surface area contributed by atoms with Gasteiger partial charge in [0.05, 0.1) is 22.6 Å². The lowest BCUT2D eigenvalue weighted by Crippen LogP contribution is -2.30. The first-order valence-corrected chi connectivity index (χ1v) is 10.9. The first kappa shape index (κ1) is 20.1. The molecular formula is C20H22ClN3OS2. The average molecular weight is 420 g/mol. The van der Waals surface area contributed by atoms with Crippen LogP contribution in [0, 0.1) is 11.8 Å². The van der Waals surface area contributed by atoms with Crippen molar-refractivity contribution in [2.75, 3.05) is 18.5 Å². The number of fused-ring (bicyclic) bond motifs is 1. The Bertz CT molecular complexity index is 922. The molecule has 1 aliphatic rings. The number of rotatable bonds is 3. The van der Waals surface area contributed by atoms with Gasteiger partial charge in [0.1, 0.15) is 10.7 Å². The number of nitrogens with two attached hydrogens (primary N) is 1. The Morgan fingerprint density at radius 1 is 1.44 bits per heavy atom. The number of anilines is 1. The van der Waals surface area contributed by atoms with Crippen molar-refractivity contribution in [3.63, 3.8) is 0 Å². The van der Waals surface area contributed by atoms with Gasteiger partial charge in [-0.2, -0.15) is 0 Å². The normalized spacial score (nSPS) is 16.2. The number of ether oxygens (including phenoxy) is 1. The van der Waals surface area contributed by atoms with Gasteiger partial charge in [-0.1, -0.05) is 23.6 Å². The molecule has 1 unspecified atom stereocenters. The van der Waals surface area contributed by atoms with E-state index in [4.69, 9.17) is 22.1 Å². The minimum absolute atomic E-state index is 0.314. The molecule has 0 saturated carbocycles. The minimum Gasteiger partial charge on any atom is -0.380 e. The van der Waals surface area contributed by atoms with Crippen LogP contribution in [-0.2, 0) is 11.3 Å². The van der Waals surface area contributed by atoms with Gasteiger partial charge in [0.2, 0.25) is 0 Å². The van der Waals surface area contributed by atoms with E-state index in [0.29, 0.717) is 11.2 Å². The molecule has 1 saturated heterocycles. The van der Waals surface area contributed by atoms with Crippen molar-refractivity contribution < 1.29 is 4.74 Å². The summed E-state index contributed by atoms with van der Waals surface area (Å²) in [5, 5.41) is 8.03. The summed E-state index contributed by atoms with van der Waals surface area (Å²) in [6.45, 7) is 4.29. The van der Waals surface area contributed by atoms with Crippen molar-refractivity contribution >= 4 is 50.2 Å². The van der Waals surface area contributed by atoms with E-state index in [2.05, 4.69) is 39.7 Å². The van der Waals surface area contributed by atoms with Gasteiger partial charge in [-0.15, -0.1) is 28.6 Å². The van der Waals surface area contributed by atoms with Crippen LogP contribution in [0.2, 0.25) is 5.15 Å². The van der Waals surface area contributed by atoms with Crippen molar-refractivity contribution in [2.45, 2.75) is 32.4 Å². The van der Waals surface area contributed by atoms with Gasteiger partial charge < -0.3 is 15.8 Å². The summed E-state index contributed by atoms with van der Waals surface area (Å²) in [7, 11) is 0. The molecule has 7 heteroatoms. The molecule has 0 aliphatic carbocycles. The van der Waals surface area contributed by atoms with E-state index < -0.39 is 0 Å². The number of hydrogen-bond donors (Lipinski definition) is 2. The number of aromatic nitrogens is 1. The maximum atomic E-state index is 6.12. The molecule has 4 rings (SSSR count). The summed E-state index contributed by atoms with van der Waals surface area (Å²) in [6, 6.07) is 6.35. The van der Waals surface area contributed by atoms with Crippen LogP contribution in [0.1, 0.15) is 30.2 Å². The second-order valence-corrected chi connectivity index (χ2v) is 8.40. The average Bonchev–Trinajstić information content (AvgIpc) is 3.32. The lowest BCUT2D eigenvalue weighted by atomic mass is 10.1. The summed E-state index contributed by atoms with van der Waals surface area (Å²) in [4.78, 5) is 5.68. The van der Waals surface area contributed by atoms with Crippen molar-refractivity contribution in [1.29, 1.82) is 0 Å². The van der Waals surface area contributed by atoms with E-state index in [-0.39, 0.29) is 0 Å². The second-order valence-electron chi connectivity index (χ2n) is 6.10. The molecule has 27 heavy (non-hydrogen) atoms. The van der Waals surface area contributed by atoms with Gasteiger partial charge in [0.15, 0.2) is 0 Å². The quantitative estimate of drug-likeness (QED) is 0.457. The van der Waals surface area contributed by atoms with E-state index >= 15 is 0 Å². The zero-order valence-corrected chi connectivity index (χ0v) is 17.5. The molecule has 1 atom stereocenters. The molecular weight excluding hydrogens is 398 g/mol. The van der Waals surface area contributed by atoms with Crippen LogP contribution in [-0.4, -0.2) is 24.2 Å². The van der Waals surface area contributed by atoms with Crippen LogP contribution < -0.4 is 11.1 Å². The number of hydrogen-bond acceptors (Lipinski definition) is 6. The Hall–Kier alpha value is -1.62. The number of nitrogens with zero attached hydrogens (tertiary/aromatic N) is 1. The fourth-order valence-corrected chi connectivity index (χ4v) is 4.46. The van der Waals surface area contributed by atoms with E-state index in [9.17, 15) is 0 Å². The zero-order chi connectivity index (χ0) is 19.1. The monoisotopic (exact) mass is 419 g/mol. The van der Waals surface area contributed by atoms with Crippen LogP contribution in [0.25, 0.3) is 10.2 Å². The topological polar surface area (TPSA) is 60.2 Å². The molecule has 1 aliphatic heterocycles. The standard InChI is InChI=1S/C15H11ClN2S2.C5H11NO/c1-2-4-10-9-20-15-12(7-13(16)18-14(10)15)17-8-11-5-3-6-19-11;6-5-2-1-3-7-4-5/h3,5-7,9H,8H2,1H3,(H,17,18);5H,1-4,6H2. The molecule has 0 spiro atoms. The number of halogens is 1. The lowest BCUT2D eigenvalue weighted by molar-refractivity contribution is 0.0822. The Morgan fingerprint density at radius 3 is 2.96 bits per heavy atom. The first-order chi connectivity index (χ1) is 13.2. The predicted molar refractivity (Wildman–Crippen MR) is 117 cm³/mol. The van der Waals surface area contributed by atoms with Crippen LogP contribution in [0.5, 0.6) is 0 Å². The molecule has 142 valence electrons. The highest BCUT2D eigenvalue weighted by Crippen LogP contribution is 2.33. The maximum absolute atomic E-state index is 6.12. The molecule has 0 amide bonds. The van der Waals surface area contributed by atoms with Gasteiger partial charge in [0.25, 0.3) is 0 Å². The van der Waals surface area contributed by atoms with Crippen LogP contribution >= 0.6 is 34.3 Å². The largest absolute Gasteiger partial charge is 0.380 e. The molecule has 0 aromatic carbocycles. The second kappa shape index (κ2) is 10.1. The Kier molecular flexibility index (Phi) is 7.50. The summed E-state index contributed by atoms with van der Waals surface area (Å²) in [6.07, 6.45) is 2.28. The van der Waals surface area contributed by atoms with E-state index in [1.54, 1.807) is 22.7 Å². The van der Waals surface area contributed by atoms with Crippen LogP contribution in [0.4, 0.5) is 5.69 Å². The van der Waals surface area contributed by atoms with Gasteiger partial charge in [-0.25, -0.2) is 4.98 Å². The molecule has 1 fully saturated rings. The minimum atomic E-state index is 0.314. The number of nitrogens with one attached hydrogen (secondary N) is 1. The van der Waals surface area contributed by atoms with Gasteiger partial charge in [-0.05, 0) is 31.2 Å². The molecule has 4 nitrogen and oxygen atoms in total. The first-order valence-electron chi connectivity index (χ1n) is 8.77. The number of thiophene rings is 2. The number of pyridine rings is 1. The van der Waals surface area contributed by atoms with Gasteiger partial charge in [-0.3, -0.25) is 0 Å². The summed E-state index contributed by atoms with van der Waals surface area (Å²) in [5.41, 5.74) is 8.35. The van der Waals surface area contributed by atoms with E-state index in [0.717, 1.165) is 54.1 Å². The zero-order valence-electron chi connectivity index (χ0n) is 15.1. The Labute approximate surface area is 172 Å². The molecule has 0 bridgehead atoms. The highest BCUT2D eigenvalue weighted by atomic mass is 35.5. The third-order valence-electron chi connectivity index (χ3n) is 3.98. The van der Waals surface area contributed by atoms with Crippen molar-refractivity contribution in [3.8, 4) is 11.8 Å². The summed E-state index contributed by atoms with van der Waals surface area (Å²) >= 11 is 9.50.